The van der Waals surface area contributed by atoms with E-state index >= 15 is 0 Å². The molecular weight excluding hydrogens is 186 g/mol. The van der Waals surface area contributed by atoms with Crippen molar-refractivity contribution in [2.24, 2.45) is 16.3 Å². The van der Waals surface area contributed by atoms with Crippen LogP contribution in [0.2, 0.25) is 0 Å². The Hall–Kier alpha value is -0.730. The number of nitrogens with zero attached hydrogens (tertiary/aromatic N) is 1. The molecule has 0 radical (unpaired) electrons. The maximum Gasteiger partial charge on any atom is 0.191 e. The summed E-state index contributed by atoms with van der Waals surface area (Å²) in [5, 5.41) is 6.78. The van der Waals surface area contributed by atoms with Gasteiger partial charge in [0.15, 0.2) is 5.96 Å². The van der Waals surface area contributed by atoms with E-state index in [9.17, 15) is 0 Å². The largest absolute Gasteiger partial charge is 0.356 e. The lowest BCUT2D eigenvalue weighted by Gasteiger charge is -2.21. The Balaban J connectivity index is 1.75. The van der Waals surface area contributed by atoms with Gasteiger partial charge in [0.25, 0.3) is 0 Å². The van der Waals surface area contributed by atoms with Crippen LogP contribution in [0.1, 0.15) is 39.5 Å². The number of rotatable bonds is 4. The molecule has 0 aromatic carbocycles. The quantitative estimate of drug-likeness (QED) is 0.740. The predicted molar refractivity (Wildman–Crippen MR) is 64.0 cm³/mol. The molecule has 0 aromatic rings. The van der Waals surface area contributed by atoms with Gasteiger partial charge in [-0.05, 0) is 37.0 Å². The fraction of sp³-hybridized carbons (Fsp3) is 0.917. The van der Waals surface area contributed by atoms with Gasteiger partial charge in [0.1, 0.15) is 0 Å². The van der Waals surface area contributed by atoms with Crippen LogP contribution >= 0.6 is 0 Å². The van der Waals surface area contributed by atoms with Crippen molar-refractivity contribution in [2.75, 3.05) is 19.6 Å². The van der Waals surface area contributed by atoms with Gasteiger partial charge in [-0.1, -0.05) is 13.8 Å². The van der Waals surface area contributed by atoms with Gasteiger partial charge in [0.05, 0.1) is 0 Å². The molecular formula is C12H23N3. The number of guanidine groups is 1. The van der Waals surface area contributed by atoms with Crippen LogP contribution in [-0.4, -0.2) is 25.6 Å². The van der Waals surface area contributed by atoms with E-state index in [1.54, 1.807) is 0 Å². The van der Waals surface area contributed by atoms with Gasteiger partial charge in [-0.2, -0.15) is 0 Å². The molecule has 0 aromatic heterocycles. The normalized spacial score (nSPS) is 23.3. The average molecular weight is 209 g/mol. The van der Waals surface area contributed by atoms with Crippen LogP contribution in [0, 0.1) is 11.3 Å². The monoisotopic (exact) mass is 209 g/mol. The molecule has 0 spiro atoms. The number of nitrogens with one attached hydrogen (secondary N) is 2. The van der Waals surface area contributed by atoms with Crippen molar-refractivity contribution in [3.8, 4) is 0 Å². The zero-order chi connectivity index (χ0) is 10.7. The highest BCUT2D eigenvalue weighted by molar-refractivity contribution is 5.80. The molecule has 0 amide bonds. The molecule has 1 saturated carbocycles. The fourth-order valence-electron chi connectivity index (χ4n) is 2.42. The van der Waals surface area contributed by atoms with Crippen LogP contribution in [0.4, 0.5) is 0 Å². The lowest BCUT2D eigenvalue weighted by atomic mass is 9.94. The summed E-state index contributed by atoms with van der Waals surface area (Å²) >= 11 is 0. The summed E-state index contributed by atoms with van der Waals surface area (Å²) in [4.78, 5) is 4.43. The lowest BCUT2D eigenvalue weighted by Crippen LogP contribution is -2.43. The third-order valence-electron chi connectivity index (χ3n) is 3.33. The van der Waals surface area contributed by atoms with Gasteiger partial charge >= 0.3 is 0 Å². The molecule has 0 saturated heterocycles. The van der Waals surface area contributed by atoms with Crippen LogP contribution in [0.5, 0.6) is 0 Å². The van der Waals surface area contributed by atoms with Gasteiger partial charge in [0.2, 0.25) is 0 Å². The van der Waals surface area contributed by atoms with E-state index in [0.717, 1.165) is 31.5 Å². The Labute approximate surface area is 92.7 Å². The first-order chi connectivity index (χ1) is 7.20. The molecule has 2 aliphatic rings. The average Bonchev–Trinajstić information content (AvgIpc) is 2.96. The van der Waals surface area contributed by atoms with Crippen LogP contribution in [-0.2, 0) is 0 Å². The van der Waals surface area contributed by atoms with E-state index in [1.807, 2.05) is 0 Å². The highest BCUT2D eigenvalue weighted by Crippen LogP contribution is 2.49. The van der Waals surface area contributed by atoms with E-state index < -0.39 is 0 Å². The van der Waals surface area contributed by atoms with Gasteiger partial charge in [-0.3, -0.25) is 4.99 Å². The summed E-state index contributed by atoms with van der Waals surface area (Å²) in [6, 6.07) is 0. The van der Waals surface area contributed by atoms with Crippen molar-refractivity contribution in [2.45, 2.75) is 39.5 Å². The Morgan fingerprint density at radius 3 is 2.80 bits per heavy atom. The van der Waals surface area contributed by atoms with Crippen molar-refractivity contribution < 1.29 is 0 Å². The topological polar surface area (TPSA) is 36.4 Å². The minimum Gasteiger partial charge on any atom is -0.356 e. The summed E-state index contributed by atoms with van der Waals surface area (Å²) < 4.78 is 0. The zero-order valence-electron chi connectivity index (χ0n) is 9.97. The molecule has 3 heteroatoms. The molecule has 2 rings (SSSR count). The molecule has 0 unspecified atom stereocenters. The number of hydrogen-bond donors (Lipinski definition) is 2. The predicted octanol–water partition coefficient (Wildman–Crippen LogP) is 1.75. The first-order valence-electron chi connectivity index (χ1n) is 6.22. The highest BCUT2D eigenvalue weighted by atomic mass is 15.2. The molecule has 1 aliphatic heterocycles. The second-order valence-corrected chi connectivity index (χ2v) is 5.46. The Kier molecular flexibility index (Phi) is 3.17. The number of hydrogen-bond acceptors (Lipinski definition) is 3. The molecule has 1 aliphatic carbocycles. The first-order valence-corrected chi connectivity index (χ1v) is 6.22. The van der Waals surface area contributed by atoms with Crippen LogP contribution in [0.15, 0.2) is 4.99 Å². The first kappa shape index (κ1) is 10.8. The molecule has 1 fully saturated rings. The summed E-state index contributed by atoms with van der Waals surface area (Å²) in [6.45, 7) is 7.79. The second kappa shape index (κ2) is 4.42. The number of aliphatic imine (C=N–C) groups is 1. The molecule has 3 nitrogen and oxygen atoms in total. The maximum atomic E-state index is 4.43. The highest BCUT2D eigenvalue weighted by Gasteiger charge is 2.42. The lowest BCUT2D eigenvalue weighted by molar-refractivity contribution is 0.384. The van der Waals surface area contributed by atoms with Crippen LogP contribution in [0.25, 0.3) is 0 Å². The molecule has 15 heavy (non-hydrogen) atoms. The van der Waals surface area contributed by atoms with Crippen molar-refractivity contribution in [1.82, 2.24) is 10.6 Å². The molecule has 2 N–H and O–H groups in total. The van der Waals surface area contributed by atoms with Crippen molar-refractivity contribution in [3.05, 3.63) is 0 Å². The van der Waals surface area contributed by atoms with E-state index in [2.05, 4.69) is 29.5 Å². The van der Waals surface area contributed by atoms with Gasteiger partial charge < -0.3 is 10.6 Å². The van der Waals surface area contributed by atoms with E-state index in [-0.39, 0.29) is 0 Å². The van der Waals surface area contributed by atoms with Gasteiger partial charge in [-0.15, -0.1) is 0 Å². The van der Waals surface area contributed by atoms with E-state index in [4.69, 9.17) is 0 Å². The summed E-state index contributed by atoms with van der Waals surface area (Å²) in [5.74, 6) is 1.84. The van der Waals surface area contributed by atoms with Crippen LogP contribution < -0.4 is 10.6 Å². The van der Waals surface area contributed by atoms with Crippen LogP contribution in [0.3, 0.4) is 0 Å². The summed E-state index contributed by atoms with van der Waals surface area (Å²) in [6.07, 6.45) is 5.31. The van der Waals surface area contributed by atoms with Crippen molar-refractivity contribution in [3.63, 3.8) is 0 Å². The second-order valence-electron chi connectivity index (χ2n) is 5.46. The molecule has 0 atom stereocenters. The Bertz CT molecular complexity index is 241. The van der Waals surface area contributed by atoms with Gasteiger partial charge in [-0.25, -0.2) is 0 Å². The SMILES string of the molecule is CC(C)CC1(CNC2=NCCCN2)CC1. The van der Waals surface area contributed by atoms with Gasteiger partial charge in [0, 0.05) is 19.6 Å². The smallest absolute Gasteiger partial charge is 0.191 e. The van der Waals surface area contributed by atoms with Crippen molar-refractivity contribution in [1.29, 1.82) is 0 Å². The Morgan fingerprint density at radius 2 is 2.27 bits per heavy atom. The molecule has 0 bridgehead atoms. The minimum absolute atomic E-state index is 0.593. The molecule has 1 heterocycles. The minimum atomic E-state index is 0.593. The third kappa shape index (κ3) is 3.11. The maximum absolute atomic E-state index is 4.43. The summed E-state index contributed by atoms with van der Waals surface area (Å²) in [7, 11) is 0. The fourth-order valence-corrected chi connectivity index (χ4v) is 2.42. The molecule has 86 valence electrons. The summed E-state index contributed by atoms with van der Waals surface area (Å²) in [5.41, 5.74) is 0.593. The van der Waals surface area contributed by atoms with E-state index in [0.29, 0.717) is 5.41 Å². The Morgan fingerprint density at radius 1 is 1.47 bits per heavy atom. The van der Waals surface area contributed by atoms with Crippen molar-refractivity contribution >= 4 is 5.96 Å². The van der Waals surface area contributed by atoms with E-state index in [1.165, 1.54) is 25.7 Å². The third-order valence-corrected chi connectivity index (χ3v) is 3.33. The zero-order valence-corrected chi connectivity index (χ0v) is 9.97. The standard InChI is InChI=1S/C12H23N3/c1-10(2)8-12(4-5-12)9-15-11-13-6-3-7-14-11/h10H,3-9H2,1-2H3,(H2,13,14,15).